The van der Waals surface area contributed by atoms with Gasteiger partial charge in [-0.2, -0.15) is 5.10 Å². The monoisotopic (exact) mass is 260 g/mol. The van der Waals surface area contributed by atoms with E-state index >= 15 is 0 Å². The van der Waals surface area contributed by atoms with Gasteiger partial charge in [-0.1, -0.05) is 6.07 Å². The zero-order chi connectivity index (χ0) is 13.8. The third-order valence-electron chi connectivity index (χ3n) is 2.43. The fourth-order valence-corrected chi connectivity index (χ4v) is 1.52. The van der Waals surface area contributed by atoms with E-state index in [9.17, 15) is 9.59 Å². The number of carboxylic acids is 1. The van der Waals surface area contributed by atoms with Crippen molar-refractivity contribution in [3.63, 3.8) is 0 Å². The molecule has 0 aliphatic carbocycles. The Hall–Kier alpha value is -2.70. The molecule has 0 spiro atoms. The number of hydrogen-bond acceptors (Lipinski definition) is 4. The summed E-state index contributed by atoms with van der Waals surface area (Å²) in [5.74, 6) is -0.943. The minimum absolute atomic E-state index is 0.0728. The summed E-state index contributed by atoms with van der Waals surface area (Å²) in [7, 11) is 1.73. The van der Waals surface area contributed by atoms with Gasteiger partial charge in [0, 0.05) is 12.6 Å². The first-order chi connectivity index (χ1) is 9.06. The lowest BCUT2D eigenvalue weighted by atomic mass is 10.1. The molecule has 19 heavy (non-hydrogen) atoms. The van der Waals surface area contributed by atoms with E-state index in [1.807, 2.05) is 0 Å². The van der Waals surface area contributed by atoms with Gasteiger partial charge in [0.15, 0.2) is 5.82 Å². The molecule has 0 radical (unpaired) electrons. The van der Waals surface area contributed by atoms with Crippen LogP contribution in [0.3, 0.4) is 0 Å². The van der Waals surface area contributed by atoms with Crippen molar-refractivity contribution in [1.82, 2.24) is 20.1 Å². The molecule has 7 heteroatoms. The molecular weight excluding hydrogens is 248 g/mol. The van der Waals surface area contributed by atoms with Crippen LogP contribution < -0.4 is 5.32 Å². The number of nitrogens with zero attached hydrogens (tertiary/aromatic N) is 3. The summed E-state index contributed by atoms with van der Waals surface area (Å²) in [6.45, 7) is 0.191. The van der Waals surface area contributed by atoms with E-state index < -0.39 is 5.97 Å². The van der Waals surface area contributed by atoms with Gasteiger partial charge in [-0.3, -0.25) is 9.48 Å². The fraction of sp³-hybridized carbons (Fsp3) is 0.167. The van der Waals surface area contributed by atoms with Crippen LogP contribution in [0.25, 0.3) is 0 Å². The molecule has 98 valence electrons. The zero-order valence-corrected chi connectivity index (χ0v) is 10.2. The molecule has 7 nitrogen and oxygen atoms in total. The summed E-state index contributed by atoms with van der Waals surface area (Å²) in [6, 6.07) is 5.83. The number of carbonyl (C=O) groups excluding carboxylic acids is 1. The SMILES string of the molecule is Cn1cnc(CNC(=O)c2cccc(C(=O)O)c2)n1. The van der Waals surface area contributed by atoms with E-state index in [-0.39, 0.29) is 23.6 Å². The number of carbonyl (C=O) groups is 2. The molecule has 1 amide bonds. The van der Waals surface area contributed by atoms with E-state index in [2.05, 4.69) is 15.4 Å². The first-order valence-corrected chi connectivity index (χ1v) is 5.52. The van der Waals surface area contributed by atoms with Crippen LogP contribution in [0.2, 0.25) is 0 Å². The molecule has 1 heterocycles. The van der Waals surface area contributed by atoms with Crippen molar-refractivity contribution in [2.24, 2.45) is 7.05 Å². The molecule has 0 bridgehead atoms. The molecular formula is C12H12N4O3. The number of rotatable bonds is 4. The van der Waals surface area contributed by atoms with Crippen molar-refractivity contribution in [3.05, 3.63) is 47.5 Å². The third kappa shape index (κ3) is 3.15. The highest BCUT2D eigenvalue weighted by Gasteiger charge is 2.10. The average Bonchev–Trinajstić information content (AvgIpc) is 2.82. The first kappa shape index (κ1) is 12.7. The summed E-state index contributed by atoms with van der Waals surface area (Å²) in [4.78, 5) is 26.6. The molecule has 1 aromatic carbocycles. The molecule has 2 rings (SSSR count). The Morgan fingerprint density at radius 3 is 2.74 bits per heavy atom. The van der Waals surface area contributed by atoms with Crippen LogP contribution in [0.1, 0.15) is 26.5 Å². The molecule has 2 N–H and O–H groups in total. The second-order valence-corrected chi connectivity index (χ2v) is 3.90. The largest absolute Gasteiger partial charge is 0.478 e. The quantitative estimate of drug-likeness (QED) is 0.831. The number of aryl methyl sites for hydroxylation is 1. The van der Waals surface area contributed by atoms with Gasteiger partial charge in [0.2, 0.25) is 0 Å². The predicted octanol–water partition coefficient (Wildman–Crippen LogP) is 0.443. The van der Waals surface area contributed by atoms with E-state index in [1.54, 1.807) is 13.1 Å². The number of aromatic nitrogens is 3. The third-order valence-corrected chi connectivity index (χ3v) is 2.43. The second kappa shape index (κ2) is 5.30. The standard InChI is InChI=1S/C12H12N4O3/c1-16-7-14-10(15-16)6-13-11(17)8-3-2-4-9(5-8)12(18)19/h2-5,7H,6H2,1H3,(H,13,17)(H,18,19). The number of hydrogen-bond donors (Lipinski definition) is 2. The maximum Gasteiger partial charge on any atom is 0.335 e. The van der Waals surface area contributed by atoms with Crippen LogP contribution in [-0.4, -0.2) is 31.7 Å². The van der Waals surface area contributed by atoms with Crippen molar-refractivity contribution in [2.75, 3.05) is 0 Å². The Kier molecular flexibility index (Phi) is 3.56. The highest BCUT2D eigenvalue weighted by atomic mass is 16.4. The lowest BCUT2D eigenvalue weighted by molar-refractivity contribution is 0.0697. The first-order valence-electron chi connectivity index (χ1n) is 5.52. The van der Waals surface area contributed by atoms with Crippen LogP contribution in [0, 0.1) is 0 Å². The van der Waals surface area contributed by atoms with Crippen LogP contribution >= 0.6 is 0 Å². The lowest BCUT2D eigenvalue weighted by Gasteiger charge is -2.03. The van der Waals surface area contributed by atoms with E-state index in [0.29, 0.717) is 5.82 Å². The molecule has 0 atom stereocenters. The molecule has 0 saturated carbocycles. The second-order valence-electron chi connectivity index (χ2n) is 3.90. The minimum atomic E-state index is -1.07. The number of amides is 1. The molecule has 0 saturated heterocycles. The smallest absolute Gasteiger partial charge is 0.335 e. The molecule has 0 fully saturated rings. The Morgan fingerprint density at radius 1 is 1.37 bits per heavy atom. The number of aromatic carboxylic acids is 1. The van der Waals surface area contributed by atoms with Gasteiger partial charge in [-0.05, 0) is 18.2 Å². The maximum atomic E-state index is 11.8. The van der Waals surface area contributed by atoms with Crippen LogP contribution in [0.4, 0.5) is 0 Å². The minimum Gasteiger partial charge on any atom is -0.478 e. The Labute approximate surface area is 108 Å². The van der Waals surface area contributed by atoms with E-state index in [0.717, 1.165) is 0 Å². The van der Waals surface area contributed by atoms with E-state index in [1.165, 1.54) is 29.2 Å². The van der Waals surface area contributed by atoms with Gasteiger partial charge >= 0.3 is 5.97 Å². The summed E-state index contributed by atoms with van der Waals surface area (Å²) in [5.41, 5.74) is 0.361. The lowest BCUT2D eigenvalue weighted by Crippen LogP contribution is -2.23. The van der Waals surface area contributed by atoms with Gasteiger partial charge < -0.3 is 10.4 Å². The van der Waals surface area contributed by atoms with Crippen LogP contribution in [-0.2, 0) is 13.6 Å². The van der Waals surface area contributed by atoms with Crippen molar-refractivity contribution in [2.45, 2.75) is 6.54 Å². The molecule has 0 aliphatic heterocycles. The number of nitrogens with one attached hydrogen (secondary N) is 1. The van der Waals surface area contributed by atoms with Crippen molar-refractivity contribution < 1.29 is 14.7 Å². The van der Waals surface area contributed by atoms with Crippen LogP contribution in [0.15, 0.2) is 30.6 Å². The fourth-order valence-electron chi connectivity index (χ4n) is 1.52. The summed E-state index contributed by atoms with van der Waals surface area (Å²) >= 11 is 0. The summed E-state index contributed by atoms with van der Waals surface area (Å²) in [6.07, 6.45) is 1.53. The Morgan fingerprint density at radius 2 is 2.11 bits per heavy atom. The summed E-state index contributed by atoms with van der Waals surface area (Å²) in [5, 5.41) is 15.5. The zero-order valence-electron chi connectivity index (χ0n) is 10.2. The number of benzene rings is 1. The highest BCUT2D eigenvalue weighted by Crippen LogP contribution is 2.05. The van der Waals surface area contributed by atoms with Crippen molar-refractivity contribution in [3.8, 4) is 0 Å². The average molecular weight is 260 g/mol. The van der Waals surface area contributed by atoms with Crippen LogP contribution in [0.5, 0.6) is 0 Å². The van der Waals surface area contributed by atoms with Gasteiger partial charge in [-0.25, -0.2) is 9.78 Å². The Bertz CT molecular complexity index is 621. The molecule has 2 aromatic rings. The number of carboxylic acid groups (broad SMARTS) is 1. The highest BCUT2D eigenvalue weighted by molar-refractivity contribution is 5.97. The molecule has 0 aliphatic rings. The predicted molar refractivity (Wildman–Crippen MR) is 65.6 cm³/mol. The topological polar surface area (TPSA) is 97.1 Å². The Balaban J connectivity index is 2.03. The van der Waals surface area contributed by atoms with Gasteiger partial charge in [0.25, 0.3) is 5.91 Å². The van der Waals surface area contributed by atoms with Gasteiger partial charge in [0.1, 0.15) is 6.33 Å². The maximum absolute atomic E-state index is 11.8. The van der Waals surface area contributed by atoms with Gasteiger partial charge in [0.05, 0.1) is 12.1 Å². The molecule has 1 aromatic heterocycles. The normalized spacial score (nSPS) is 10.2. The van der Waals surface area contributed by atoms with Crippen molar-refractivity contribution in [1.29, 1.82) is 0 Å². The molecule has 0 unspecified atom stereocenters. The summed E-state index contributed by atoms with van der Waals surface area (Å²) < 4.78 is 1.53. The van der Waals surface area contributed by atoms with Gasteiger partial charge in [-0.15, -0.1) is 0 Å². The van der Waals surface area contributed by atoms with E-state index in [4.69, 9.17) is 5.11 Å². The van der Waals surface area contributed by atoms with Crippen molar-refractivity contribution >= 4 is 11.9 Å².